The molecule has 0 radical (unpaired) electrons. The van der Waals surface area contributed by atoms with E-state index in [-0.39, 0.29) is 5.91 Å². The van der Waals surface area contributed by atoms with E-state index < -0.39 is 5.60 Å². The molecule has 0 saturated carbocycles. The summed E-state index contributed by atoms with van der Waals surface area (Å²) in [6, 6.07) is 2.26. The van der Waals surface area contributed by atoms with Crippen LogP contribution in [0.15, 0.2) is 6.07 Å². The Bertz CT molecular complexity index is 467. The molecule has 0 fully saturated rings. The van der Waals surface area contributed by atoms with Gasteiger partial charge in [0.05, 0.1) is 11.2 Å². The van der Waals surface area contributed by atoms with Crippen LogP contribution in [0, 0.1) is 13.8 Å². The number of aryl methyl sites for hydroxylation is 1. The van der Waals surface area contributed by atoms with Crippen molar-refractivity contribution in [2.45, 2.75) is 53.2 Å². The summed E-state index contributed by atoms with van der Waals surface area (Å²) in [5, 5.41) is 9.80. The summed E-state index contributed by atoms with van der Waals surface area (Å²) in [5.74, 6) is -0.0397. The lowest BCUT2D eigenvalue weighted by atomic mass is 10.1. The lowest BCUT2D eigenvalue weighted by Crippen LogP contribution is -2.39. The van der Waals surface area contributed by atoms with Crippen molar-refractivity contribution in [2.24, 2.45) is 0 Å². The molecule has 1 amide bonds. The number of nitrogens with zero attached hydrogens (tertiary/aromatic N) is 2. The zero-order chi connectivity index (χ0) is 15.0. The van der Waals surface area contributed by atoms with Crippen molar-refractivity contribution in [3.05, 3.63) is 23.0 Å². The van der Waals surface area contributed by atoms with Crippen LogP contribution in [-0.4, -0.2) is 39.7 Å². The second kappa shape index (κ2) is 5.37. The highest BCUT2D eigenvalue weighted by atomic mass is 16.3. The number of hydrogen-bond donors (Lipinski definition) is 1. The number of likely N-dealkylation sites (N-methyl/N-ethyl adjacent to an activating group) is 1. The lowest BCUT2D eigenvalue weighted by molar-refractivity contribution is 0.0367. The van der Waals surface area contributed by atoms with Gasteiger partial charge in [-0.25, -0.2) is 0 Å². The molecule has 4 nitrogen and oxygen atoms in total. The molecule has 0 aliphatic carbocycles. The minimum Gasteiger partial charge on any atom is -0.389 e. The summed E-state index contributed by atoms with van der Waals surface area (Å²) in [6.07, 6.45) is 0. The van der Waals surface area contributed by atoms with Gasteiger partial charge in [0.25, 0.3) is 5.91 Å². The number of amides is 1. The number of carbonyl (C=O) groups excluding carboxylic acids is 1. The predicted molar refractivity (Wildman–Crippen MR) is 77.5 cm³/mol. The van der Waals surface area contributed by atoms with Gasteiger partial charge in [0.2, 0.25) is 0 Å². The Labute approximate surface area is 116 Å². The van der Waals surface area contributed by atoms with Gasteiger partial charge in [0, 0.05) is 31.0 Å². The lowest BCUT2D eigenvalue weighted by Gasteiger charge is -2.25. The molecule has 0 aliphatic rings. The van der Waals surface area contributed by atoms with Gasteiger partial charge in [-0.3, -0.25) is 4.79 Å². The molecule has 1 aromatic rings. The molecule has 108 valence electrons. The largest absolute Gasteiger partial charge is 0.389 e. The zero-order valence-electron chi connectivity index (χ0n) is 13.1. The van der Waals surface area contributed by atoms with E-state index in [9.17, 15) is 9.90 Å². The molecular formula is C15H26N2O2. The topological polar surface area (TPSA) is 45.5 Å². The van der Waals surface area contributed by atoms with Gasteiger partial charge in [0.1, 0.15) is 0 Å². The molecule has 0 spiro atoms. The van der Waals surface area contributed by atoms with E-state index in [0.29, 0.717) is 12.6 Å². The van der Waals surface area contributed by atoms with Gasteiger partial charge < -0.3 is 14.6 Å². The van der Waals surface area contributed by atoms with Crippen LogP contribution in [0.3, 0.4) is 0 Å². The van der Waals surface area contributed by atoms with Crippen molar-refractivity contribution in [2.75, 3.05) is 13.6 Å². The fourth-order valence-corrected chi connectivity index (χ4v) is 2.65. The van der Waals surface area contributed by atoms with Crippen LogP contribution >= 0.6 is 0 Å². The van der Waals surface area contributed by atoms with E-state index in [2.05, 4.69) is 18.4 Å². The summed E-state index contributed by atoms with van der Waals surface area (Å²) < 4.78 is 2.16. The van der Waals surface area contributed by atoms with E-state index in [0.717, 1.165) is 17.0 Å². The maximum atomic E-state index is 12.4. The summed E-state index contributed by atoms with van der Waals surface area (Å²) in [6.45, 7) is 11.9. The van der Waals surface area contributed by atoms with Crippen LogP contribution in [0.1, 0.15) is 55.5 Å². The van der Waals surface area contributed by atoms with E-state index in [1.807, 2.05) is 19.9 Å². The standard InChI is InChI=1S/C15H26N2O2/c1-10(2)17-11(3)8-13(12(17)4)14(18)16(7)9-15(5,6)19/h8,10,19H,9H2,1-7H3. The molecule has 0 saturated heterocycles. The van der Waals surface area contributed by atoms with Gasteiger partial charge in [-0.2, -0.15) is 0 Å². The zero-order valence-corrected chi connectivity index (χ0v) is 13.1. The SMILES string of the molecule is Cc1cc(C(=O)N(C)CC(C)(C)O)c(C)n1C(C)C. The van der Waals surface area contributed by atoms with Crippen molar-refractivity contribution in [1.29, 1.82) is 0 Å². The van der Waals surface area contributed by atoms with Gasteiger partial charge in [-0.05, 0) is 47.6 Å². The molecule has 0 bridgehead atoms. The number of aromatic nitrogens is 1. The first-order valence-corrected chi connectivity index (χ1v) is 6.71. The van der Waals surface area contributed by atoms with Crippen molar-refractivity contribution < 1.29 is 9.90 Å². The van der Waals surface area contributed by atoms with Gasteiger partial charge >= 0.3 is 0 Å². The van der Waals surface area contributed by atoms with Gasteiger partial charge in [0.15, 0.2) is 0 Å². The van der Waals surface area contributed by atoms with E-state index >= 15 is 0 Å². The van der Waals surface area contributed by atoms with Crippen LogP contribution in [0.5, 0.6) is 0 Å². The fourth-order valence-electron chi connectivity index (χ4n) is 2.65. The minimum atomic E-state index is -0.881. The monoisotopic (exact) mass is 266 g/mol. The average Bonchev–Trinajstić information content (AvgIpc) is 2.50. The Kier molecular flexibility index (Phi) is 4.46. The molecule has 1 aromatic heterocycles. The predicted octanol–water partition coefficient (Wildman–Crippen LogP) is 2.53. The van der Waals surface area contributed by atoms with E-state index in [4.69, 9.17) is 0 Å². The summed E-state index contributed by atoms with van der Waals surface area (Å²) in [5.41, 5.74) is 1.92. The van der Waals surface area contributed by atoms with Crippen LogP contribution in [0.4, 0.5) is 0 Å². The second-order valence-electron chi connectivity index (χ2n) is 6.22. The first-order valence-electron chi connectivity index (χ1n) is 6.71. The molecule has 1 N–H and O–H groups in total. The first-order chi connectivity index (χ1) is 8.54. The molecule has 0 atom stereocenters. The Morgan fingerprint density at radius 2 is 1.95 bits per heavy atom. The Balaban J connectivity index is 3.04. The number of aliphatic hydroxyl groups is 1. The fraction of sp³-hybridized carbons (Fsp3) is 0.667. The number of rotatable bonds is 4. The van der Waals surface area contributed by atoms with Gasteiger partial charge in [-0.15, -0.1) is 0 Å². The highest BCUT2D eigenvalue weighted by molar-refractivity contribution is 5.95. The summed E-state index contributed by atoms with van der Waals surface area (Å²) in [7, 11) is 1.72. The van der Waals surface area contributed by atoms with E-state index in [1.54, 1.807) is 25.8 Å². The van der Waals surface area contributed by atoms with Crippen LogP contribution in [0.25, 0.3) is 0 Å². The molecule has 0 unspecified atom stereocenters. The van der Waals surface area contributed by atoms with Crippen molar-refractivity contribution >= 4 is 5.91 Å². The minimum absolute atomic E-state index is 0.0397. The molecular weight excluding hydrogens is 240 g/mol. The maximum absolute atomic E-state index is 12.4. The van der Waals surface area contributed by atoms with E-state index in [1.165, 1.54) is 0 Å². The Morgan fingerprint density at radius 3 is 2.32 bits per heavy atom. The summed E-state index contributed by atoms with van der Waals surface area (Å²) in [4.78, 5) is 14.0. The average molecular weight is 266 g/mol. The molecule has 1 rings (SSSR count). The van der Waals surface area contributed by atoms with Crippen LogP contribution in [-0.2, 0) is 0 Å². The van der Waals surface area contributed by atoms with Crippen LogP contribution in [0.2, 0.25) is 0 Å². The van der Waals surface area contributed by atoms with Crippen molar-refractivity contribution in [3.8, 4) is 0 Å². The third-order valence-electron chi connectivity index (χ3n) is 3.20. The molecule has 0 aromatic carbocycles. The third kappa shape index (κ3) is 3.60. The second-order valence-corrected chi connectivity index (χ2v) is 6.22. The third-order valence-corrected chi connectivity index (χ3v) is 3.20. The van der Waals surface area contributed by atoms with Gasteiger partial charge in [-0.1, -0.05) is 0 Å². The maximum Gasteiger partial charge on any atom is 0.255 e. The molecule has 1 heterocycles. The summed E-state index contributed by atoms with van der Waals surface area (Å²) >= 11 is 0. The molecule has 0 aliphatic heterocycles. The number of hydrogen-bond acceptors (Lipinski definition) is 2. The first kappa shape index (κ1) is 15.8. The van der Waals surface area contributed by atoms with Crippen molar-refractivity contribution in [3.63, 3.8) is 0 Å². The Morgan fingerprint density at radius 1 is 1.42 bits per heavy atom. The molecule has 19 heavy (non-hydrogen) atoms. The normalized spacial score (nSPS) is 12.1. The smallest absolute Gasteiger partial charge is 0.255 e. The Hall–Kier alpha value is -1.29. The van der Waals surface area contributed by atoms with Crippen molar-refractivity contribution in [1.82, 2.24) is 9.47 Å². The number of carbonyl (C=O) groups is 1. The highest BCUT2D eigenvalue weighted by Gasteiger charge is 2.23. The highest BCUT2D eigenvalue weighted by Crippen LogP contribution is 2.21. The van der Waals surface area contributed by atoms with Crippen LogP contribution < -0.4 is 0 Å². The molecule has 4 heteroatoms. The quantitative estimate of drug-likeness (QED) is 0.910.